The quantitative estimate of drug-likeness (QED) is 0.479. The van der Waals surface area contributed by atoms with E-state index >= 15 is 4.39 Å². The van der Waals surface area contributed by atoms with E-state index in [-0.39, 0.29) is 23.5 Å². The molecule has 182 valence electrons. The molecule has 0 aromatic carbocycles. The van der Waals surface area contributed by atoms with Crippen molar-refractivity contribution in [1.29, 1.82) is 0 Å². The van der Waals surface area contributed by atoms with E-state index in [4.69, 9.17) is 19.9 Å². The number of ether oxygens (including phenoxy) is 3. The molecule has 2 aromatic heterocycles. The fraction of sp³-hybridized carbons (Fsp3) is 0.611. The maximum atomic E-state index is 15.4. The minimum atomic E-state index is -4.79. The molecule has 2 aromatic rings. The first-order chi connectivity index (χ1) is 15.3. The largest absolute Gasteiger partial charge is 0.460 e. The van der Waals surface area contributed by atoms with Crippen LogP contribution in [-0.4, -0.2) is 61.7 Å². The number of carbonyl (C=O) groups is 2. The molecule has 0 aliphatic carbocycles. The van der Waals surface area contributed by atoms with Crippen molar-refractivity contribution in [3.8, 4) is 0 Å². The molecular formula is C18H21F4N5O6. The topological polar surface area (TPSA) is 141 Å². The van der Waals surface area contributed by atoms with E-state index in [9.17, 15) is 27.6 Å². The van der Waals surface area contributed by atoms with Gasteiger partial charge in [-0.25, -0.2) is 18.7 Å². The molecule has 0 radical (unpaired) electrons. The van der Waals surface area contributed by atoms with E-state index in [0.717, 1.165) is 20.0 Å². The van der Waals surface area contributed by atoms with Gasteiger partial charge in [-0.15, -0.1) is 0 Å². The highest BCUT2D eigenvalue weighted by molar-refractivity contribution is 5.72. The number of aromatic nitrogens is 4. The number of esters is 2. The highest BCUT2D eigenvalue weighted by atomic mass is 19.4. The van der Waals surface area contributed by atoms with Crippen LogP contribution in [-0.2, 0) is 30.3 Å². The van der Waals surface area contributed by atoms with Gasteiger partial charge in [0.15, 0.2) is 24.2 Å². The van der Waals surface area contributed by atoms with Gasteiger partial charge in [0.2, 0.25) is 5.95 Å². The molecule has 0 bridgehead atoms. The number of fused-ring (bicyclic) bond motifs is 1. The molecule has 1 aliphatic rings. The Balaban J connectivity index is 2.18. The zero-order valence-electron chi connectivity index (χ0n) is 17.7. The van der Waals surface area contributed by atoms with Crippen molar-refractivity contribution < 1.29 is 41.4 Å². The first kappa shape index (κ1) is 24.4. The number of rotatable bonds is 6. The van der Waals surface area contributed by atoms with E-state index in [0.29, 0.717) is 9.13 Å². The summed E-state index contributed by atoms with van der Waals surface area (Å²) in [6, 6.07) is 0. The lowest BCUT2D eigenvalue weighted by atomic mass is 10.0. The predicted octanol–water partition coefficient (Wildman–Crippen LogP) is 1.25. The Morgan fingerprint density at radius 3 is 2.52 bits per heavy atom. The number of nitrogens with zero attached hydrogens (tertiary/aromatic N) is 4. The number of anilines is 1. The third kappa shape index (κ3) is 4.91. The maximum absolute atomic E-state index is 15.4. The van der Waals surface area contributed by atoms with Crippen LogP contribution in [0.5, 0.6) is 0 Å². The lowest BCUT2D eigenvalue weighted by Gasteiger charge is -2.23. The molecule has 3 heterocycles. The summed E-state index contributed by atoms with van der Waals surface area (Å²) < 4.78 is 71.4. The molecule has 1 fully saturated rings. The fourth-order valence-corrected chi connectivity index (χ4v) is 3.70. The first-order valence-corrected chi connectivity index (χ1v) is 9.78. The molecular weight excluding hydrogens is 458 g/mol. The van der Waals surface area contributed by atoms with Crippen molar-refractivity contribution in [2.45, 2.75) is 70.6 Å². The Morgan fingerprint density at radius 2 is 1.97 bits per heavy atom. The van der Waals surface area contributed by atoms with E-state index in [1.54, 1.807) is 6.92 Å². The van der Waals surface area contributed by atoms with Gasteiger partial charge in [0, 0.05) is 13.8 Å². The van der Waals surface area contributed by atoms with Crippen LogP contribution in [0.25, 0.3) is 11.2 Å². The second-order valence-electron chi connectivity index (χ2n) is 7.36. The number of imidazole rings is 1. The van der Waals surface area contributed by atoms with Crippen LogP contribution in [0.4, 0.5) is 23.5 Å². The average molecular weight is 479 g/mol. The molecule has 11 nitrogen and oxygen atoms in total. The van der Waals surface area contributed by atoms with Gasteiger partial charge in [-0.3, -0.25) is 14.2 Å². The van der Waals surface area contributed by atoms with Gasteiger partial charge in [0.1, 0.15) is 24.3 Å². The first-order valence-electron chi connectivity index (χ1n) is 9.78. The second kappa shape index (κ2) is 8.96. The molecule has 5 atom stereocenters. The zero-order chi connectivity index (χ0) is 24.7. The smallest absolute Gasteiger partial charge is 0.406 e. The van der Waals surface area contributed by atoms with Gasteiger partial charge in [-0.05, 0) is 6.42 Å². The summed E-state index contributed by atoms with van der Waals surface area (Å²) in [4.78, 5) is 43.5. The number of alkyl halides is 4. The summed E-state index contributed by atoms with van der Waals surface area (Å²) in [6.07, 6.45) is -12.0. The predicted molar refractivity (Wildman–Crippen MR) is 102 cm³/mol. The normalized spacial score (nSPS) is 24.1. The molecule has 1 saturated heterocycles. The molecule has 1 aliphatic heterocycles. The Bertz CT molecular complexity index is 1120. The Kier molecular flexibility index (Phi) is 6.63. The summed E-state index contributed by atoms with van der Waals surface area (Å²) in [6.45, 7) is 1.96. The fourth-order valence-electron chi connectivity index (χ4n) is 3.70. The molecule has 0 amide bonds. The Hall–Kier alpha value is -3.23. The minimum Gasteiger partial charge on any atom is -0.460 e. The lowest BCUT2D eigenvalue weighted by Crippen LogP contribution is -2.40. The number of carbonyl (C=O) groups excluding carboxylic acids is 2. The molecule has 2 N–H and O–H groups in total. The van der Waals surface area contributed by atoms with Crippen LogP contribution < -0.4 is 11.4 Å². The molecule has 0 spiro atoms. The van der Waals surface area contributed by atoms with Crippen LogP contribution in [0.15, 0.2) is 11.0 Å². The van der Waals surface area contributed by atoms with Crippen LogP contribution in [0.3, 0.4) is 0 Å². The highest BCUT2D eigenvalue weighted by Crippen LogP contribution is 2.38. The number of nitrogens with two attached hydrogens (primary N) is 1. The Morgan fingerprint density at radius 1 is 1.30 bits per heavy atom. The lowest BCUT2D eigenvalue weighted by molar-refractivity contribution is -0.159. The third-order valence-corrected chi connectivity index (χ3v) is 4.91. The van der Waals surface area contributed by atoms with Crippen molar-refractivity contribution in [2.75, 3.05) is 5.73 Å². The van der Waals surface area contributed by atoms with Gasteiger partial charge in [0.25, 0.3) is 0 Å². The second-order valence-corrected chi connectivity index (χ2v) is 7.36. The van der Waals surface area contributed by atoms with E-state index in [1.807, 2.05) is 0 Å². The van der Waals surface area contributed by atoms with Crippen molar-refractivity contribution >= 4 is 29.1 Å². The molecule has 0 unspecified atom stereocenters. The standard InChI is InChI=1S/C18H21F4N5O6/c1-4-10(31-7(2)28)12-11(19)13(32-8(3)29)15(33-12)27-14-9(5-24-16(23)25-14)26(17(27)30)6-18(20,21)22/h5,10-13,15H,4,6H2,1-3H3,(H2,23,24,25)/t10-,11-,12+,13+,15+/m0/s1. The van der Waals surface area contributed by atoms with E-state index in [1.165, 1.54) is 0 Å². The van der Waals surface area contributed by atoms with Crippen LogP contribution >= 0.6 is 0 Å². The number of hydrogen-bond acceptors (Lipinski definition) is 9. The van der Waals surface area contributed by atoms with Gasteiger partial charge in [-0.1, -0.05) is 6.92 Å². The van der Waals surface area contributed by atoms with Gasteiger partial charge in [-0.2, -0.15) is 18.2 Å². The Labute approximate surface area is 183 Å². The van der Waals surface area contributed by atoms with Gasteiger partial charge >= 0.3 is 23.8 Å². The summed E-state index contributed by atoms with van der Waals surface area (Å²) in [5.74, 6) is -2.04. The third-order valence-electron chi connectivity index (χ3n) is 4.91. The SMILES string of the molecule is CC[C@H](OC(C)=O)[C@H]1O[C@@H](n2c(=O)n(CC(F)(F)F)c3cnc(N)nc32)[C@H](OC(C)=O)[C@H]1F. The summed E-state index contributed by atoms with van der Waals surface area (Å²) in [5, 5.41) is 0. The summed E-state index contributed by atoms with van der Waals surface area (Å²) in [7, 11) is 0. The highest BCUT2D eigenvalue weighted by Gasteiger charge is 2.53. The van der Waals surface area contributed by atoms with Crippen molar-refractivity contribution in [2.24, 2.45) is 0 Å². The number of nitrogen functional groups attached to an aromatic ring is 1. The van der Waals surface area contributed by atoms with Gasteiger partial charge < -0.3 is 19.9 Å². The maximum Gasteiger partial charge on any atom is 0.406 e. The molecule has 33 heavy (non-hydrogen) atoms. The van der Waals surface area contributed by atoms with Crippen LogP contribution in [0.2, 0.25) is 0 Å². The van der Waals surface area contributed by atoms with E-state index < -0.39 is 61.1 Å². The molecule has 3 rings (SSSR count). The molecule has 0 saturated carbocycles. The minimum absolute atomic E-state index is 0.101. The van der Waals surface area contributed by atoms with Crippen molar-refractivity contribution in [1.82, 2.24) is 19.1 Å². The van der Waals surface area contributed by atoms with Crippen molar-refractivity contribution in [3.63, 3.8) is 0 Å². The summed E-state index contributed by atoms with van der Waals surface area (Å²) >= 11 is 0. The van der Waals surface area contributed by atoms with Crippen LogP contribution in [0.1, 0.15) is 33.4 Å². The van der Waals surface area contributed by atoms with Crippen molar-refractivity contribution in [3.05, 3.63) is 16.7 Å². The number of halogens is 4. The van der Waals surface area contributed by atoms with Crippen LogP contribution in [0, 0.1) is 0 Å². The van der Waals surface area contributed by atoms with Gasteiger partial charge in [0.05, 0.1) is 6.20 Å². The van der Waals surface area contributed by atoms with E-state index in [2.05, 4.69) is 9.97 Å². The average Bonchev–Trinajstić information content (AvgIpc) is 3.12. The summed E-state index contributed by atoms with van der Waals surface area (Å²) in [5.41, 5.74) is 3.55. The zero-order valence-corrected chi connectivity index (χ0v) is 17.7. The number of hydrogen-bond donors (Lipinski definition) is 1. The molecule has 15 heteroatoms. The monoisotopic (exact) mass is 479 g/mol.